The minimum Gasteiger partial charge on any atom is -0.394 e. The summed E-state index contributed by atoms with van der Waals surface area (Å²) >= 11 is 0. The van der Waals surface area contributed by atoms with Crippen LogP contribution in [0, 0.1) is 0 Å². The Morgan fingerprint density at radius 3 is 1.09 bits per heavy atom. The van der Waals surface area contributed by atoms with E-state index in [4.69, 9.17) is 0 Å². The number of aliphatic hydroxyl groups is 2. The lowest BCUT2D eigenvalue weighted by atomic mass is 10.0. The zero-order valence-corrected chi connectivity index (χ0v) is 37.9. The van der Waals surface area contributed by atoms with Crippen LogP contribution in [0.3, 0.4) is 0 Å². The zero-order chi connectivity index (χ0) is 40.7. The number of nitrogens with one attached hydrogen (secondary N) is 1. The molecule has 0 aromatic heterocycles. The molecular weight excluding hydrogens is 687 g/mol. The summed E-state index contributed by atoms with van der Waals surface area (Å²) in [6.07, 6.45) is 64.2. The molecule has 2 atom stereocenters. The minimum absolute atomic E-state index is 0.0698. The molecule has 0 heterocycles. The number of amides is 1. The number of hydrogen-bond acceptors (Lipinski definition) is 3. The molecule has 4 heteroatoms. The number of aliphatic hydroxyl groups excluding tert-OH is 2. The average Bonchev–Trinajstić information content (AvgIpc) is 3.20. The van der Waals surface area contributed by atoms with E-state index in [9.17, 15) is 15.0 Å². The summed E-state index contributed by atoms with van der Waals surface area (Å²) in [5.74, 6) is -0.0698. The first-order valence-electron chi connectivity index (χ1n) is 25.2. The molecular formula is C52H99NO3. The van der Waals surface area contributed by atoms with E-state index < -0.39 is 12.1 Å². The highest BCUT2D eigenvalue weighted by atomic mass is 16.3. The molecule has 0 saturated carbocycles. The molecule has 1 amide bonds. The van der Waals surface area contributed by atoms with Crippen LogP contribution in [-0.4, -0.2) is 34.9 Å². The highest BCUT2D eigenvalue weighted by Crippen LogP contribution is 2.16. The van der Waals surface area contributed by atoms with Crippen LogP contribution >= 0.6 is 0 Å². The monoisotopic (exact) mass is 786 g/mol. The van der Waals surface area contributed by atoms with E-state index in [-0.39, 0.29) is 12.5 Å². The van der Waals surface area contributed by atoms with Gasteiger partial charge in [-0.15, -0.1) is 0 Å². The van der Waals surface area contributed by atoms with Crippen LogP contribution < -0.4 is 5.32 Å². The second kappa shape index (κ2) is 48.0. The van der Waals surface area contributed by atoms with Gasteiger partial charge in [-0.1, -0.05) is 249 Å². The SMILES string of the molecule is CCCCCC/C=C\C/C=C\CCCCCCCCCC(=O)NC(CO)C(O)/C=C/CCCCCCCCCCCCCCCCCCCCCCCCCC. The van der Waals surface area contributed by atoms with Crippen molar-refractivity contribution in [1.82, 2.24) is 5.32 Å². The average molecular weight is 786 g/mol. The summed E-state index contributed by atoms with van der Waals surface area (Å²) in [7, 11) is 0. The Bertz CT molecular complexity index is 851. The molecule has 0 aromatic rings. The summed E-state index contributed by atoms with van der Waals surface area (Å²) in [6, 6.07) is -0.626. The van der Waals surface area contributed by atoms with E-state index in [1.54, 1.807) is 6.08 Å². The molecule has 0 bridgehead atoms. The standard InChI is InChI=1S/C52H99NO3/c1-3-5-7-9-11-13-15-17-19-21-23-24-25-26-27-28-29-30-31-33-35-37-39-41-43-45-47-51(55)50(49-54)53-52(56)48-46-44-42-40-38-36-34-32-22-20-18-16-14-12-10-8-6-4-2/h14,16,20,22,45,47,50-51,54-55H,3-13,15,17-19,21,23-44,46,48-49H2,1-2H3,(H,53,56)/b16-14-,22-20-,47-45+. The maximum Gasteiger partial charge on any atom is 0.220 e. The van der Waals surface area contributed by atoms with Gasteiger partial charge in [0.1, 0.15) is 0 Å². The highest BCUT2D eigenvalue weighted by molar-refractivity contribution is 5.76. The van der Waals surface area contributed by atoms with Crippen LogP contribution in [0.25, 0.3) is 0 Å². The fraction of sp³-hybridized carbons (Fsp3) is 0.865. The van der Waals surface area contributed by atoms with Crippen molar-refractivity contribution >= 4 is 5.91 Å². The third kappa shape index (κ3) is 43.7. The van der Waals surface area contributed by atoms with Gasteiger partial charge >= 0.3 is 0 Å². The van der Waals surface area contributed by atoms with Crippen molar-refractivity contribution in [2.24, 2.45) is 0 Å². The van der Waals surface area contributed by atoms with E-state index in [2.05, 4.69) is 43.5 Å². The third-order valence-electron chi connectivity index (χ3n) is 11.6. The fourth-order valence-corrected chi connectivity index (χ4v) is 7.74. The first-order valence-corrected chi connectivity index (χ1v) is 25.2. The molecule has 0 saturated heterocycles. The molecule has 0 spiro atoms. The summed E-state index contributed by atoms with van der Waals surface area (Å²) < 4.78 is 0. The minimum atomic E-state index is -0.843. The van der Waals surface area contributed by atoms with Crippen LogP contribution in [0.2, 0.25) is 0 Å². The normalized spacial score (nSPS) is 13.1. The van der Waals surface area contributed by atoms with Gasteiger partial charge in [-0.25, -0.2) is 0 Å². The Balaban J connectivity index is 3.51. The Labute approximate surface area is 351 Å². The van der Waals surface area contributed by atoms with Gasteiger partial charge in [0.25, 0.3) is 0 Å². The molecule has 0 aromatic carbocycles. The van der Waals surface area contributed by atoms with Crippen LogP contribution in [-0.2, 0) is 4.79 Å². The van der Waals surface area contributed by atoms with Crippen molar-refractivity contribution in [2.45, 2.75) is 283 Å². The van der Waals surface area contributed by atoms with Crippen molar-refractivity contribution in [2.75, 3.05) is 6.61 Å². The van der Waals surface area contributed by atoms with Gasteiger partial charge < -0.3 is 15.5 Å². The van der Waals surface area contributed by atoms with E-state index in [0.29, 0.717) is 6.42 Å². The largest absolute Gasteiger partial charge is 0.394 e. The summed E-state index contributed by atoms with van der Waals surface area (Å²) in [5, 5.41) is 23.1. The molecule has 4 nitrogen and oxygen atoms in total. The van der Waals surface area contributed by atoms with E-state index in [1.807, 2.05) is 6.08 Å². The number of hydrogen-bond donors (Lipinski definition) is 3. The number of unbranched alkanes of at least 4 members (excludes halogenated alkanes) is 35. The van der Waals surface area contributed by atoms with Crippen LogP contribution in [0.15, 0.2) is 36.5 Å². The van der Waals surface area contributed by atoms with Gasteiger partial charge in [0.15, 0.2) is 0 Å². The predicted molar refractivity (Wildman–Crippen MR) is 248 cm³/mol. The van der Waals surface area contributed by atoms with Gasteiger partial charge in [-0.05, 0) is 51.4 Å². The van der Waals surface area contributed by atoms with Crippen LogP contribution in [0.5, 0.6) is 0 Å². The summed E-state index contributed by atoms with van der Waals surface area (Å²) in [4.78, 5) is 12.4. The molecule has 0 aliphatic rings. The Morgan fingerprint density at radius 2 is 0.732 bits per heavy atom. The predicted octanol–water partition coefficient (Wildman–Crippen LogP) is 16.1. The number of carbonyl (C=O) groups excluding carboxylic acids is 1. The first kappa shape index (κ1) is 54.6. The molecule has 0 fully saturated rings. The van der Waals surface area contributed by atoms with Crippen molar-refractivity contribution in [3.8, 4) is 0 Å². The number of rotatable bonds is 46. The third-order valence-corrected chi connectivity index (χ3v) is 11.6. The molecule has 56 heavy (non-hydrogen) atoms. The number of allylic oxidation sites excluding steroid dienone is 5. The van der Waals surface area contributed by atoms with Crippen LogP contribution in [0.1, 0.15) is 271 Å². The topological polar surface area (TPSA) is 69.6 Å². The summed E-state index contributed by atoms with van der Waals surface area (Å²) in [5.41, 5.74) is 0. The van der Waals surface area contributed by atoms with Crippen molar-refractivity contribution in [3.05, 3.63) is 36.5 Å². The van der Waals surface area contributed by atoms with Crippen molar-refractivity contribution in [1.29, 1.82) is 0 Å². The maximum atomic E-state index is 12.4. The molecule has 0 radical (unpaired) electrons. The number of carbonyl (C=O) groups is 1. The molecule has 0 aliphatic heterocycles. The molecule has 3 N–H and O–H groups in total. The van der Waals surface area contributed by atoms with Crippen molar-refractivity contribution in [3.63, 3.8) is 0 Å². The Hall–Kier alpha value is -1.39. The Morgan fingerprint density at radius 1 is 0.429 bits per heavy atom. The molecule has 0 aliphatic carbocycles. The summed E-state index contributed by atoms with van der Waals surface area (Å²) in [6.45, 7) is 4.31. The Kier molecular flexibility index (Phi) is 46.8. The molecule has 2 unspecified atom stereocenters. The molecule has 0 rings (SSSR count). The van der Waals surface area contributed by atoms with Gasteiger partial charge in [0.2, 0.25) is 5.91 Å². The lowest BCUT2D eigenvalue weighted by molar-refractivity contribution is -0.123. The quantitative estimate of drug-likeness (QED) is 0.0425. The molecule has 330 valence electrons. The maximum absolute atomic E-state index is 12.4. The highest BCUT2D eigenvalue weighted by Gasteiger charge is 2.18. The van der Waals surface area contributed by atoms with Gasteiger partial charge in [-0.2, -0.15) is 0 Å². The van der Waals surface area contributed by atoms with Crippen molar-refractivity contribution < 1.29 is 15.0 Å². The second-order valence-electron chi connectivity index (χ2n) is 17.2. The van der Waals surface area contributed by atoms with E-state index in [0.717, 1.165) is 32.1 Å². The van der Waals surface area contributed by atoms with Gasteiger partial charge in [0, 0.05) is 6.42 Å². The van der Waals surface area contributed by atoms with E-state index in [1.165, 1.54) is 218 Å². The smallest absolute Gasteiger partial charge is 0.220 e. The van der Waals surface area contributed by atoms with E-state index >= 15 is 0 Å². The fourth-order valence-electron chi connectivity index (χ4n) is 7.74. The van der Waals surface area contributed by atoms with Gasteiger partial charge in [-0.3, -0.25) is 4.79 Å². The second-order valence-corrected chi connectivity index (χ2v) is 17.2. The first-order chi connectivity index (χ1) is 27.7. The lowest BCUT2D eigenvalue weighted by Gasteiger charge is -2.20. The van der Waals surface area contributed by atoms with Gasteiger partial charge in [0.05, 0.1) is 18.8 Å². The van der Waals surface area contributed by atoms with Crippen LogP contribution in [0.4, 0.5) is 0 Å². The lowest BCUT2D eigenvalue weighted by Crippen LogP contribution is -2.45. The zero-order valence-electron chi connectivity index (χ0n) is 37.9.